The standard InChI is InChI=1S/3C4H9.C2H5N.2C2H6.CH2N.Sn/c3*1-3-4-2;1-2-3;3*1-2;/h3*1,3-4H2,2H3;2-3H,1H3;2*1-2H3;1-2H;. The molecule has 0 fully saturated rings. The molecule has 0 atom stereocenters. The minimum absolute atomic E-state index is 1.25. The second kappa shape index (κ2) is 29.2. The summed E-state index contributed by atoms with van der Waals surface area (Å²) in [7, 11) is 0. The normalized spacial score (nSPS) is 9.09. The molecule has 22 heavy (non-hydrogen) atoms. The van der Waals surface area contributed by atoms with E-state index in [2.05, 4.69) is 20.8 Å². The maximum absolute atomic E-state index is 7.81. The van der Waals surface area contributed by atoms with Crippen LogP contribution in [0.25, 0.3) is 0 Å². The zero-order chi connectivity index (χ0) is 18.3. The third-order valence-electron chi connectivity index (χ3n) is 3.39. The Labute approximate surface area is 146 Å². The zero-order valence-corrected chi connectivity index (χ0v) is 19.9. The number of nitrogens with one attached hydrogen (secondary N) is 2. The molecule has 0 aromatic heterocycles. The molecule has 0 aromatic rings. The summed E-state index contributed by atoms with van der Waals surface area (Å²) < 4.78 is 6.29. The van der Waals surface area contributed by atoms with Crippen molar-refractivity contribution >= 4 is 28.8 Å². The summed E-state index contributed by atoms with van der Waals surface area (Å²) in [5, 5.41) is 13.9. The molecule has 0 saturated heterocycles. The number of hydrogen-bond acceptors (Lipinski definition) is 2. The van der Waals surface area contributed by atoms with Gasteiger partial charge >= 0.3 is 101 Å². The minimum atomic E-state index is -2.07. The first-order valence-electron chi connectivity index (χ1n) is 9.63. The van der Waals surface area contributed by atoms with Gasteiger partial charge in [-0.2, -0.15) is 0 Å². The van der Waals surface area contributed by atoms with Crippen LogP contribution >= 0.6 is 0 Å². The Bertz CT molecular complexity index is 172. The summed E-state index contributed by atoms with van der Waals surface area (Å²) in [6, 6.07) is 0. The van der Waals surface area contributed by atoms with Crippen LogP contribution in [0.2, 0.25) is 13.3 Å². The van der Waals surface area contributed by atoms with E-state index in [1.165, 1.54) is 58.0 Å². The third-order valence-corrected chi connectivity index (χ3v) is 16.7. The fraction of sp³-hybridized carbons (Fsp3) is 0.895. The van der Waals surface area contributed by atoms with Crippen LogP contribution in [0.5, 0.6) is 0 Å². The first-order chi connectivity index (χ1) is 10.7. The van der Waals surface area contributed by atoms with Gasteiger partial charge in [0.25, 0.3) is 0 Å². The van der Waals surface area contributed by atoms with Gasteiger partial charge in [0, 0.05) is 0 Å². The van der Waals surface area contributed by atoms with Crippen molar-refractivity contribution in [2.24, 2.45) is 0 Å². The van der Waals surface area contributed by atoms with Crippen LogP contribution in [0.15, 0.2) is 0 Å². The van der Waals surface area contributed by atoms with Gasteiger partial charge in [0.05, 0.1) is 0 Å². The molecule has 0 radical (unpaired) electrons. The second-order valence-corrected chi connectivity index (χ2v) is 18.0. The van der Waals surface area contributed by atoms with Crippen molar-refractivity contribution in [3.63, 3.8) is 0 Å². The number of hydrogen-bond donors (Lipinski definition) is 2. The van der Waals surface area contributed by atoms with Crippen molar-refractivity contribution in [2.45, 2.75) is 107 Å². The number of unbranched alkanes of at least 4 members (excludes halogenated alkanes) is 3. The van der Waals surface area contributed by atoms with Crippen LogP contribution in [0.4, 0.5) is 0 Å². The fourth-order valence-electron chi connectivity index (χ4n) is 2.18. The van der Waals surface area contributed by atoms with Crippen LogP contribution in [-0.4, -0.2) is 28.8 Å². The van der Waals surface area contributed by atoms with Gasteiger partial charge in [0.1, 0.15) is 0 Å². The van der Waals surface area contributed by atoms with Crippen LogP contribution in [0.3, 0.4) is 0 Å². The maximum atomic E-state index is 7.81. The molecule has 0 aliphatic carbocycles. The molecule has 136 valence electrons. The Morgan fingerprint density at radius 2 is 0.909 bits per heavy atom. The third kappa shape index (κ3) is 22.4. The first-order valence-corrected chi connectivity index (χ1v) is 17.3. The Kier molecular flexibility index (Phi) is 39.9. The first kappa shape index (κ1) is 30.1. The Hall–Kier alpha value is 0.139. The molecule has 0 aliphatic heterocycles. The van der Waals surface area contributed by atoms with Gasteiger partial charge in [-0.25, -0.2) is 0 Å². The quantitative estimate of drug-likeness (QED) is 0.268. The summed E-state index contributed by atoms with van der Waals surface area (Å²) in [6.07, 6.45) is 9.30. The molecule has 0 unspecified atom stereocenters. The monoisotopic (exact) mass is 422 g/mol. The molecule has 0 saturated carbocycles. The van der Waals surface area contributed by atoms with Gasteiger partial charge in [-0.15, -0.1) is 0 Å². The molecular formula is C19H46N2Sn. The van der Waals surface area contributed by atoms with E-state index in [4.69, 9.17) is 10.8 Å². The topological polar surface area (TPSA) is 47.7 Å². The molecule has 0 heterocycles. The van der Waals surface area contributed by atoms with E-state index >= 15 is 0 Å². The average Bonchev–Trinajstić information content (AvgIpc) is 2.59. The molecular weight excluding hydrogens is 375 g/mol. The van der Waals surface area contributed by atoms with E-state index in [-0.39, 0.29) is 0 Å². The SMILES string of the molecule is CC.CC.CC=N.CCC[CH2][Sn]([CH]=N)([CH2]CCC)[CH2]CCC. The van der Waals surface area contributed by atoms with Gasteiger partial charge in [-0.3, -0.25) is 0 Å². The average molecular weight is 421 g/mol. The summed E-state index contributed by atoms with van der Waals surface area (Å²) in [5.41, 5.74) is 0. The van der Waals surface area contributed by atoms with Crippen LogP contribution < -0.4 is 0 Å². The Balaban J connectivity index is -0.000000198. The Morgan fingerprint density at radius 1 is 0.682 bits per heavy atom. The molecule has 0 spiro atoms. The molecule has 2 N–H and O–H groups in total. The van der Waals surface area contributed by atoms with Crippen LogP contribution in [0, 0.1) is 10.8 Å². The van der Waals surface area contributed by atoms with Crippen LogP contribution in [0.1, 0.15) is 93.9 Å². The molecule has 0 rings (SSSR count). The molecule has 0 bridgehead atoms. The van der Waals surface area contributed by atoms with Crippen molar-refractivity contribution < 1.29 is 0 Å². The Morgan fingerprint density at radius 3 is 1.05 bits per heavy atom. The predicted octanol–water partition coefficient (Wildman–Crippen LogP) is 7.73. The van der Waals surface area contributed by atoms with Gasteiger partial charge in [-0.05, 0) is 13.1 Å². The van der Waals surface area contributed by atoms with Crippen LogP contribution in [-0.2, 0) is 0 Å². The van der Waals surface area contributed by atoms with E-state index < -0.39 is 18.4 Å². The second-order valence-electron chi connectivity index (χ2n) is 5.11. The zero-order valence-electron chi connectivity index (χ0n) is 17.0. The fourth-order valence-corrected chi connectivity index (χ4v) is 14.6. The van der Waals surface area contributed by atoms with E-state index in [1.54, 1.807) is 6.92 Å². The van der Waals surface area contributed by atoms with Crippen molar-refractivity contribution in [2.75, 3.05) is 0 Å². The molecule has 0 aliphatic rings. The predicted molar refractivity (Wildman–Crippen MR) is 111 cm³/mol. The summed E-state index contributed by atoms with van der Waals surface area (Å²) in [5.74, 6) is 0. The summed E-state index contributed by atoms with van der Waals surface area (Å²) in [6.45, 7) is 16.5. The van der Waals surface area contributed by atoms with E-state index in [1.807, 2.05) is 31.9 Å². The van der Waals surface area contributed by atoms with Crippen molar-refractivity contribution in [1.29, 1.82) is 10.8 Å². The van der Waals surface area contributed by atoms with Gasteiger partial charge in [-0.1, -0.05) is 27.7 Å². The van der Waals surface area contributed by atoms with E-state index in [9.17, 15) is 0 Å². The van der Waals surface area contributed by atoms with E-state index in [0.29, 0.717) is 0 Å². The van der Waals surface area contributed by atoms with Gasteiger partial charge in [0.15, 0.2) is 0 Å². The molecule has 0 amide bonds. The van der Waals surface area contributed by atoms with E-state index in [0.717, 1.165) is 0 Å². The molecule has 3 heteroatoms. The summed E-state index contributed by atoms with van der Waals surface area (Å²) >= 11 is -2.07. The molecule has 0 aromatic carbocycles. The van der Waals surface area contributed by atoms with Crippen molar-refractivity contribution in [1.82, 2.24) is 0 Å². The van der Waals surface area contributed by atoms with Gasteiger partial charge in [0.2, 0.25) is 0 Å². The summed E-state index contributed by atoms with van der Waals surface area (Å²) in [4.78, 5) is 0. The van der Waals surface area contributed by atoms with Crippen molar-refractivity contribution in [3.05, 3.63) is 0 Å². The molecule has 2 nitrogen and oxygen atoms in total. The van der Waals surface area contributed by atoms with Gasteiger partial charge < -0.3 is 5.41 Å². The van der Waals surface area contributed by atoms with Crippen molar-refractivity contribution in [3.8, 4) is 0 Å². The number of rotatable bonds is 10.